The highest BCUT2D eigenvalue weighted by molar-refractivity contribution is 6.30. The van der Waals surface area contributed by atoms with Gasteiger partial charge in [-0.1, -0.05) is 18.2 Å². The van der Waals surface area contributed by atoms with Gasteiger partial charge < -0.3 is 80.2 Å². The molecule has 19 heteroatoms. The Bertz CT molecular complexity index is 2470. The second-order valence-electron chi connectivity index (χ2n) is 15.3. The summed E-state index contributed by atoms with van der Waals surface area (Å²) in [6.45, 7) is -0.760. The minimum absolute atomic E-state index is 0.0371. The van der Waals surface area contributed by atoms with Crippen LogP contribution in [0.2, 0.25) is 0 Å². The molecule has 322 valence electrons. The Kier molecular flexibility index (Phi) is 10.8. The predicted octanol–water partition coefficient (Wildman–Crippen LogP) is -1.44. The van der Waals surface area contributed by atoms with Gasteiger partial charge >= 0.3 is 0 Å². The van der Waals surface area contributed by atoms with Crippen LogP contribution < -0.4 is 0 Å². The number of rotatable bonds is 8. The van der Waals surface area contributed by atoms with Crippen LogP contribution in [0.4, 0.5) is 0 Å². The van der Waals surface area contributed by atoms with Crippen molar-refractivity contribution in [3.63, 3.8) is 0 Å². The maximum atomic E-state index is 14.3. The Balaban J connectivity index is 1.32. The molecule has 2 fully saturated rings. The van der Waals surface area contributed by atoms with E-state index < -0.39 is 155 Å². The van der Waals surface area contributed by atoms with E-state index in [0.29, 0.717) is 5.56 Å². The van der Waals surface area contributed by atoms with Crippen LogP contribution in [0.3, 0.4) is 0 Å². The third-order valence-corrected chi connectivity index (χ3v) is 11.6. The lowest BCUT2D eigenvalue weighted by molar-refractivity contribution is -0.340. The number of phenols is 4. The van der Waals surface area contributed by atoms with Crippen molar-refractivity contribution >= 4 is 17.3 Å². The molecule has 4 aromatic carbocycles. The Morgan fingerprint density at radius 2 is 1.21 bits per heavy atom. The van der Waals surface area contributed by atoms with Gasteiger partial charge in [0.25, 0.3) is 0 Å². The highest BCUT2D eigenvalue weighted by Crippen LogP contribution is 2.55. The molecule has 0 amide bonds. The lowest BCUT2D eigenvalue weighted by Crippen LogP contribution is -2.62. The van der Waals surface area contributed by atoms with E-state index in [1.807, 2.05) is 0 Å². The third-order valence-electron chi connectivity index (χ3n) is 11.6. The molecule has 0 saturated carbocycles. The van der Waals surface area contributed by atoms with Crippen LogP contribution in [-0.2, 0) is 31.2 Å². The lowest BCUT2D eigenvalue weighted by atomic mass is 9.68. The second-order valence-corrected chi connectivity index (χ2v) is 15.3. The van der Waals surface area contributed by atoms with Crippen LogP contribution in [0.1, 0.15) is 75.6 Å². The zero-order valence-electron chi connectivity index (χ0n) is 31.8. The van der Waals surface area contributed by atoms with Gasteiger partial charge in [-0.05, 0) is 54.4 Å². The maximum absolute atomic E-state index is 14.3. The van der Waals surface area contributed by atoms with Gasteiger partial charge in [0, 0.05) is 27.8 Å². The summed E-state index contributed by atoms with van der Waals surface area (Å²) in [6, 6.07) is 10.8. The van der Waals surface area contributed by atoms with E-state index in [4.69, 9.17) is 18.9 Å². The van der Waals surface area contributed by atoms with Gasteiger partial charge in [-0.15, -0.1) is 0 Å². The van der Waals surface area contributed by atoms with E-state index >= 15 is 0 Å². The number of benzene rings is 4. The van der Waals surface area contributed by atoms with Crippen LogP contribution in [0.15, 0.2) is 54.6 Å². The first-order valence-electron chi connectivity index (χ1n) is 18.9. The highest BCUT2D eigenvalue weighted by Gasteiger charge is 2.56. The number of aromatic hydroxyl groups is 4. The average Bonchev–Trinajstić information content (AvgIpc) is 3.23. The Morgan fingerprint density at radius 3 is 1.90 bits per heavy atom. The van der Waals surface area contributed by atoms with Crippen molar-refractivity contribution in [1.29, 1.82) is 0 Å². The third kappa shape index (κ3) is 6.41. The number of fused-ring (bicyclic) bond motifs is 4. The quantitative estimate of drug-likeness (QED) is 0.0851. The molecule has 2 heterocycles. The van der Waals surface area contributed by atoms with Crippen molar-refractivity contribution < 1.29 is 94.6 Å². The molecule has 8 rings (SSSR count). The molecule has 61 heavy (non-hydrogen) atoms. The molecule has 2 aliphatic heterocycles. The van der Waals surface area contributed by atoms with Gasteiger partial charge in [-0.2, -0.15) is 0 Å². The van der Waals surface area contributed by atoms with Crippen LogP contribution in [-0.4, -0.2) is 153 Å². The summed E-state index contributed by atoms with van der Waals surface area (Å²) < 4.78 is 23.6. The first-order chi connectivity index (χ1) is 29.0. The fourth-order valence-electron chi connectivity index (χ4n) is 8.59. The predicted molar refractivity (Wildman–Crippen MR) is 201 cm³/mol. The van der Waals surface area contributed by atoms with Crippen LogP contribution in [0, 0.1) is 6.92 Å². The molecule has 19 nitrogen and oxygen atoms in total. The number of carbonyl (C=O) groups is 3. The van der Waals surface area contributed by atoms with Gasteiger partial charge in [0.2, 0.25) is 11.6 Å². The topological polar surface area (TPSA) is 331 Å². The molecule has 12 N–H and O–H groups in total. The summed E-state index contributed by atoms with van der Waals surface area (Å²) >= 11 is 0. The number of aryl methyl sites for hydroxylation is 1. The van der Waals surface area contributed by atoms with E-state index in [1.165, 1.54) is 30.3 Å². The fraction of sp³-hybridized carbons (Fsp3) is 0.357. The second kappa shape index (κ2) is 15.5. The normalized spacial score (nSPS) is 30.7. The molecule has 0 bridgehead atoms. The van der Waals surface area contributed by atoms with E-state index in [0.717, 1.165) is 24.3 Å². The Labute approximate surface area is 344 Å². The minimum atomic E-state index is -2.63. The van der Waals surface area contributed by atoms with Gasteiger partial charge in [-0.3, -0.25) is 14.4 Å². The van der Waals surface area contributed by atoms with Gasteiger partial charge in [-0.25, -0.2) is 0 Å². The zero-order chi connectivity index (χ0) is 44.0. The number of ether oxygens (including phenoxy) is 4. The first kappa shape index (κ1) is 42.3. The SMILES string of the molecule is Cc1cc(O)c2c(c1)C(=O)c1ccc(C3(OC4OC(COC5OC(CO)C(O)C(O)C5O)C(O)C(O)C4O)c4cccc(O)c4C(=O)c4c(O)cc(CO)cc43)c(O)c1C2=O. The largest absolute Gasteiger partial charge is 0.507 e. The van der Waals surface area contributed by atoms with Crippen molar-refractivity contribution in [2.45, 2.75) is 80.5 Å². The number of ketones is 3. The maximum Gasteiger partial charge on any atom is 0.201 e. The smallest absolute Gasteiger partial charge is 0.201 e. The summed E-state index contributed by atoms with van der Waals surface area (Å²) in [5, 5.41) is 131. The molecular weight excluding hydrogens is 808 g/mol. The fourth-order valence-corrected chi connectivity index (χ4v) is 8.59. The summed E-state index contributed by atoms with van der Waals surface area (Å²) in [7, 11) is 0. The molecule has 0 radical (unpaired) electrons. The van der Waals surface area contributed by atoms with E-state index in [1.54, 1.807) is 6.92 Å². The molecule has 2 aliphatic carbocycles. The minimum Gasteiger partial charge on any atom is -0.507 e. The summed E-state index contributed by atoms with van der Waals surface area (Å²) in [4.78, 5) is 42.4. The molecule has 0 spiro atoms. The van der Waals surface area contributed by atoms with Crippen molar-refractivity contribution in [3.8, 4) is 23.0 Å². The van der Waals surface area contributed by atoms with Crippen molar-refractivity contribution in [3.05, 3.63) is 116 Å². The number of hydrogen-bond acceptors (Lipinski definition) is 19. The van der Waals surface area contributed by atoms with Crippen molar-refractivity contribution in [2.24, 2.45) is 0 Å². The number of aliphatic hydroxyl groups excluding tert-OH is 8. The highest BCUT2D eigenvalue weighted by atomic mass is 16.7. The van der Waals surface area contributed by atoms with E-state index in [9.17, 15) is 75.7 Å². The van der Waals surface area contributed by atoms with Crippen molar-refractivity contribution in [2.75, 3.05) is 13.2 Å². The lowest BCUT2D eigenvalue weighted by Gasteiger charge is -2.47. The molecule has 11 unspecified atom stereocenters. The summed E-state index contributed by atoms with van der Waals surface area (Å²) in [5.41, 5.74) is -6.00. The standard InChI is InChI=1S/C42H40O19/c1-14-7-17-26(22(46)8-14)34(52)27-16(30(17)48)5-6-19(31(27)49)42(18-3-2-4-21(45)28(18)35(53)29-20(42)9-15(11-43)10-23(29)47)61-41-39(57)37(55)33(51)25(60-41)13-58-40-38(56)36(54)32(50)24(12-44)59-40/h2-10,24-25,32-33,36-41,43-47,49-51,54-57H,11-13H2,1H3. The summed E-state index contributed by atoms with van der Waals surface area (Å²) in [5.74, 6) is -5.71. The van der Waals surface area contributed by atoms with E-state index in [-0.39, 0.29) is 27.8 Å². The molecule has 2 saturated heterocycles. The number of aliphatic hydroxyl groups is 8. The Morgan fingerprint density at radius 1 is 0.590 bits per heavy atom. The molecular formula is C42H40O19. The number of carbonyl (C=O) groups excluding carboxylic acids is 3. The number of phenolic OH excluding ortho intramolecular Hbond substituents is 4. The molecule has 4 aliphatic rings. The Hall–Kier alpha value is -5.39. The van der Waals surface area contributed by atoms with Crippen LogP contribution >= 0.6 is 0 Å². The van der Waals surface area contributed by atoms with E-state index in [2.05, 4.69) is 0 Å². The molecule has 11 atom stereocenters. The average molecular weight is 849 g/mol. The molecule has 4 aromatic rings. The van der Waals surface area contributed by atoms with Crippen molar-refractivity contribution in [1.82, 2.24) is 0 Å². The van der Waals surface area contributed by atoms with Crippen LogP contribution in [0.5, 0.6) is 23.0 Å². The monoisotopic (exact) mass is 848 g/mol. The molecule has 0 aromatic heterocycles. The zero-order valence-corrected chi connectivity index (χ0v) is 31.8. The summed E-state index contributed by atoms with van der Waals surface area (Å²) in [6.07, 6.45) is -18.8. The first-order valence-corrected chi connectivity index (χ1v) is 18.9. The van der Waals surface area contributed by atoms with Gasteiger partial charge in [0.15, 0.2) is 24.0 Å². The number of hydrogen-bond donors (Lipinski definition) is 12. The van der Waals surface area contributed by atoms with Gasteiger partial charge in [0.1, 0.15) is 71.8 Å². The van der Waals surface area contributed by atoms with Crippen LogP contribution in [0.25, 0.3) is 0 Å². The van der Waals surface area contributed by atoms with Gasteiger partial charge in [0.05, 0.1) is 42.1 Å².